The van der Waals surface area contributed by atoms with Gasteiger partial charge in [-0.3, -0.25) is 13.8 Å². The van der Waals surface area contributed by atoms with Crippen molar-refractivity contribution in [3.63, 3.8) is 0 Å². The molecule has 2 atom stereocenters. The minimum atomic E-state index is -0.989. The van der Waals surface area contributed by atoms with E-state index in [1.807, 2.05) is 45.0 Å². The number of rotatable bonds is 5. The van der Waals surface area contributed by atoms with Gasteiger partial charge in [-0.25, -0.2) is 0 Å². The zero-order chi connectivity index (χ0) is 18.6. The molecule has 2 unspecified atom stereocenters. The van der Waals surface area contributed by atoms with Gasteiger partial charge in [0.1, 0.15) is 0 Å². The predicted molar refractivity (Wildman–Crippen MR) is 102 cm³/mol. The van der Waals surface area contributed by atoms with E-state index in [1.165, 1.54) is 6.08 Å². The van der Waals surface area contributed by atoms with Crippen molar-refractivity contribution in [3.05, 3.63) is 42.5 Å². The number of carbonyl (C=O) groups excluding carboxylic acids is 2. The van der Waals surface area contributed by atoms with Gasteiger partial charge in [0.15, 0.2) is 0 Å². The van der Waals surface area contributed by atoms with Crippen molar-refractivity contribution < 1.29 is 13.8 Å². The normalized spacial score (nSPS) is 18.7. The van der Waals surface area contributed by atoms with E-state index >= 15 is 0 Å². The average Bonchev–Trinajstić information content (AvgIpc) is 3.03. The van der Waals surface area contributed by atoms with Gasteiger partial charge in [-0.05, 0) is 51.0 Å². The van der Waals surface area contributed by atoms with Crippen LogP contribution in [-0.2, 0) is 26.1 Å². The van der Waals surface area contributed by atoms with Crippen molar-refractivity contribution >= 4 is 28.3 Å². The van der Waals surface area contributed by atoms with Crippen molar-refractivity contribution in [2.75, 3.05) is 18.4 Å². The van der Waals surface area contributed by atoms with Gasteiger partial charge in [0.2, 0.25) is 11.8 Å². The molecule has 0 radical (unpaired) electrons. The van der Waals surface area contributed by atoms with Crippen LogP contribution in [0, 0.1) is 5.92 Å². The second kappa shape index (κ2) is 7.95. The van der Waals surface area contributed by atoms with E-state index in [9.17, 15) is 13.8 Å². The summed E-state index contributed by atoms with van der Waals surface area (Å²) in [5.41, 5.74) is 1.63. The Kier molecular flexibility index (Phi) is 6.16. The molecule has 5 nitrogen and oxygen atoms in total. The number of amides is 2. The molecule has 1 aromatic carbocycles. The lowest BCUT2D eigenvalue weighted by Gasteiger charge is -2.18. The summed E-state index contributed by atoms with van der Waals surface area (Å²) in [6.45, 7) is 10.3. The number of anilines is 1. The lowest BCUT2D eigenvalue weighted by Crippen LogP contribution is -2.30. The first-order valence-electron chi connectivity index (χ1n) is 8.40. The molecule has 1 aliphatic heterocycles. The van der Waals surface area contributed by atoms with Crippen LogP contribution in [-0.4, -0.2) is 38.8 Å². The highest BCUT2D eigenvalue weighted by Crippen LogP contribution is 2.21. The summed E-state index contributed by atoms with van der Waals surface area (Å²) in [4.78, 5) is 25.7. The molecule has 0 bridgehead atoms. The maximum Gasteiger partial charge on any atom is 0.245 e. The Balaban J connectivity index is 1.98. The Morgan fingerprint density at radius 1 is 1.40 bits per heavy atom. The Labute approximate surface area is 151 Å². The molecule has 0 aliphatic carbocycles. The standard InChI is InChI=1S/C19H26N2O3S/c1-5-17(22)21-10-9-15(12-21)18(23)20-16-8-6-7-14(11-16)13-25(24)19(2,3)4/h5-8,11,15H,1,9-10,12-13H2,2-4H3,(H,20,23). The zero-order valence-electron chi connectivity index (χ0n) is 15.1. The fourth-order valence-corrected chi connectivity index (χ4v) is 3.57. The van der Waals surface area contributed by atoms with Gasteiger partial charge in [-0.15, -0.1) is 0 Å². The molecule has 25 heavy (non-hydrogen) atoms. The summed E-state index contributed by atoms with van der Waals surface area (Å²) in [6.07, 6.45) is 1.93. The topological polar surface area (TPSA) is 66.5 Å². The molecule has 1 saturated heterocycles. The van der Waals surface area contributed by atoms with Gasteiger partial charge in [0.05, 0.1) is 5.92 Å². The van der Waals surface area contributed by atoms with Crippen LogP contribution >= 0.6 is 0 Å². The molecule has 2 amide bonds. The molecule has 1 fully saturated rings. The number of hydrogen-bond donors (Lipinski definition) is 1. The molecule has 6 heteroatoms. The lowest BCUT2D eigenvalue weighted by atomic mass is 10.1. The summed E-state index contributed by atoms with van der Waals surface area (Å²) in [5.74, 6) is 0.0183. The molecular formula is C19H26N2O3S. The molecule has 0 saturated carbocycles. The number of hydrogen-bond acceptors (Lipinski definition) is 3. The largest absolute Gasteiger partial charge is 0.338 e. The van der Waals surface area contributed by atoms with E-state index in [0.717, 1.165) is 5.56 Å². The number of nitrogens with one attached hydrogen (secondary N) is 1. The summed E-state index contributed by atoms with van der Waals surface area (Å²) >= 11 is 0. The van der Waals surface area contributed by atoms with Crippen LogP contribution in [0.3, 0.4) is 0 Å². The second-order valence-electron chi connectivity index (χ2n) is 7.27. The third-order valence-electron chi connectivity index (χ3n) is 4.22. The zero-order valence-corrected chi connectivity index (χ0v) is 15.9. The van der Waals surface area contributed by atoms with Crippen LogP contribution in [0.2, 0.25) is 0 Å². The molecule has 1 N–H and O–H groups in total. The second-order valence-corrected chi connectivity index (χ2v) is 9.47. The average molecular weight is 362 g/mol. The van der Waals surface area contributed by atoms with Crippen LogP contribution in [0.4, 0.5) is 5.69 Å². The van der Waals surface area contributed by atoms with Gasteiger partial charge in [0.25, 0.3) is 0 Å². The van der Waals surface area contributed by atoms with Gasteiger partial charge in [-0.2, -0.15) is 0 Å². The number of nitrogens with zero attached hydrogens (tertiary/aromatic N) is 1. The van der Waals surface area contributed by atoms with Crippen LogP contribution in [0.25, 0.3) is 0 Å². The minimum absolute atomic E-state index is 0.0894. The van der Waals surface area contributed by atoms with Crippen molar-refractivity contribution in [2.45, 2.75) is 37.7 Å². The van der Waals surface area contributed by atoms with Crippen molar-refractivity contribution in [2.24, 2.45) is 5.92 Å². The van der Waals surface area contributed by atoms with Crippen LogP contribution in [0.5, 0.6) is 0 Å². The number of benzene rings is 1. The number of likely N-dealkylation sites (tertiary alicyclic amines) is 1. The summed E-state index contributed by atoms with van der Waals surface area (Å²) in [5, 5.41) is 2.91. The minimum Gasteiger partial charge on any atom is -0.338 e. The summed E-state index contributed by atoms with van der Waals surface area (Å²) < 4.78 is 12.0. The highest BCUT2D eigenvalue weighted by atomic mass is 32.2. The van der Waals surface area contributed by atoms with E-state index in [0.29, 0.717) is 31.0 Å². The van der Waals surface area contributed by atoms with Gasteiger partial charge in [-0.1, -0.05) is 18.7 Å². The lowest BCUT2D eigenvalue weighted by molar-refractivity contribution is -0.125. The fraction of sp³-hybridized carbons (Fsp3) is 0.474. The van der Waals surface area contributed by atoms with E-state index < -0.39 is 10.8 Å². The summed E-state index contributed by atoms with van der Waals surface area (Å²) in [6, 6.07) is 7.46. The van der Waals surface area contributed by atoms with Crippen molar-refractivity contribution in [3.8, 4) is 0 Å². The van der Waals surface area contributed by atoms with E-state index in [1.54, 1.807) is 4.90 Å². The first-order chi connectivity index (χ1) is 11.7. The number of carbonyl (C=O) groups is 2. The fourth-order valence-electron chi connectivity index (χ4n) is 2.65. The van der Waals surface area contributed by atoms with Crippen LogP contribution < -0.4 is 5.32 Å². The molecule has 1 aromatic rings. The Bertz CT molecular complexity index is 694. The quantitative estimate of drug-likeness (QED) is 0.819. The third kappa shape index (κ3) is 5.26. The Morgan fingerprint density at radius 2 is 2.12 bits per heavy atom. The first-order valence-corrected chi connectivity index (χ1v) is 9.72. The van der Waals surface area contributed by atoms with Crippen LogP contribution in [0.15, 0.2) is 36.9 Å². The van der Waals surface area contributed by atoms with E-state index in [-0.39, 0.29) is 22.5 Å². The Morgan fingerprint density at radius 3 is 2.76 bits per heavy atom. The van der Waals surface area contributed by atoms with Gasteiger partial charge < -0.3 is 10.2 Å². The highest BCUT2D eigenvalue weighted by Gasteiger charge is 2.30. The maximum atomic E-state index is 12.4. The molecule has 136 valence electrons. The Hall–Kier alpha value is -1.95. The van der Waals surface area contributed by atoms with Gasteiger partial charge in [0, 0.05) is 40.1 Å². The van der Waals surface area contributed by atoms with Crippen LogP contribution in [0.1, 0.15) is 32.8 Å². The first kappa shape index (κ1) is 19.4. The molecule has 0 spiro atoms. The van der Waals surface area contributed by atoms with Crippen molar-refractivity contribution in [1.29, 1.82) is 0 Å². The predicted octanol–water partition coefficient (Wildman–Crippen LogP) is 2.71. The molecule has 1 aliphatic rings. The third-order valence-corrected chi connectivity index (χ3v) is 6.18. The molecule has 0 aromatic heterocycles. The van der Waals surface area contributed by atoms with E-state index in [4.69, 9.17) is 0 Å². The molecule has 2 rings (SSSR count). The van der Waals surface area contributed by atoms with Crippen molar-refractivity contribution in [1.82, 2.24) is 4.90 Å². The maximum absolute atomic E-state index is 12.4. The SMILES string of the molecule is C=CC(=O)N1CCC(C(=O)Nc2cccc(CS(=O)C(C)(C)C)c2)C1. The monoisotopic (exact) mass is 362 g/mol. The summed E-state index contributed by atoms with van der Waals surface area (Å²) in [7, 11) is -0.989. The smallest absolute Gasteiger partial charge is 0.245 e. The molecule has 1 heterocycles. The highest BCUT2D eigenvalue weighted by molar-refractivity contribution is 7.85. The molecular weight excluding hydrogens is 336 g/mol. The van der Waals surface area contributed by atoms with Gasteiger partial charge >= 0.3 is 0 Å². The van der Waals surface area contributed by atoms with E-state index in [2.05, 4.69) is 11.9 Å².